The van der Waals surface area contributed by atoms with E-state index in [9.17, 15) is 0 Å². The summed E-state index contributed by atoms with van der Waals surface area (Å²) in [5.41, 5.74) is 2.00. The molecule has 0 saturated carbocycles. The van der Waals surface area contributed by atoms with Crippen LogP contribution < -0.4 is 0 Å². The van der Waals surface area contributed by atoms with Gasteiger partial charge >= 0.3 is 0 Å². The van der Waals surface area contributed by atoms with Crippen LogP contribution in [0.3, 0.4) is 0 Å². The van der Waals surface area contributed by atoms with Crippen LogP contribution in [0.4, 0.5) is 0 Å². The number of nitrogens with zero attached hydrogens (tertiary/aromatic N) is 5. The Balaban J connectivity index is 1.42. The molecular weight excluding hydrogens is 426 g/mol. The molecule has 0 N–H and O–H groups in total. The van der Waals surface area contributed by atoms with Gasteiger partial charge in [0.2, 0.25) is 11.7 Å². The Morgan fingerprint density at radius 1 is 0.968 bits per heavy atom. The van der Waals surface area contributed by atoms with Gasteiger partial charge in [0.05, 0.1) is 0 Å². The van der Waals surface area contributed by atoms with Crippen molar-refractivity contribution in [3.63, 3.8) is 0 Å². The summed E-state index contributed by atoms with van der Waals surface area (Å²) in [6.07, 6.45) is 2.72. The molecule has 5 aromatic rings. The average molecular weight is 446 g/mol. The van der Waals surface area contributed by atoms with Gasteiger partial charge in [0.15, 0.2) is 5.16 Å². The zero-order valence-electron chi connectivity index (χ0n) is 16.5. The first-order valence-electron chi connectivity index (χ1n) is 9.87. The van der Waals surface area contributed by atoms with Gasteiger partial charge in [0.25, 0.3) is 0 Å². The fourth-order valence-corrected chi connectivity index (χ4v) is 4.98. The first-order valence-corrected chi connectivity index (χ1v) is 11.6. The Morgan fingerprint density at radius 3 is 2.55 bits per heavy atom. The minimum Gasteiger partial charge on any atom is -0.337 e. The number of rotatable bonds is 8. The highest BCUT2D eigenvalue weighted by molar-refractivity contribution is 7.99. The fourth-order valence-electron chi connectivity index (χ4n) is 3.21. The molecule has 0 radical (unpaired) electrons. The van der Waals surface area contributed by atoms with Gasteiger partial charge in [-0.05, 0) is 23.4 Å². The summed E-state index contributed by atoms with van der Waals surface area (Å²) >= 11 is 3.34. The van der Waals surface area contributed by atoms with Gasteiger partial charge in [-0.3, -0.25) is 0 Å². The van der Waals surface area contributed by atoms with Gasteiger partial charge in [0, 0.05) is 17.0 Å². The highest BCUT2D eigenvalue weighted by Gasteiger charge is 2.25. The topological polar surface area (TPSA) is 69.6 Å². The Kier molecular flexibility index (Phi) is 5.90. The molecule has 3 heterocycles. The molecule has 31 heavy (non-hydrogen) atoms. The molecule has 0 aliphatic rings. The van der Waals surface area contributed by atoms with Gasteiger partial charge in [0.1, 0.15) is 11.6 Å². The summed E-state index contributed by atoms with van der Waals surface area (Å²) in [5.74, 6) is 1.12. The van der Waals surface area contributed by atoms with Crippen LogP contribution in [-0.2, 0) is 13.0 Å². The second kappa shape index (κ2) is 9.28. The molecule has 0 amide bonds. The molecule has 0 saturated heterocycles. The SMILES string of the molecule is c1ccc(-c2noc([C@@H](Sc3nncn3CCc3cccs3)c3ccccc3)n2)cc1. The lowest BCUT2D eigenvalue weighted by molar-refractivity contribution is 0.384. The highest BCUT2D eigenvalue weighted by atomic mass is 32.2. The molecule has 8 heteroatoms. The molecule has 5 rings (SSSR count). The summed E-state index contributed by atoms with van der Waals surface area (Å²) in [5, 5.41) is 15.5. The summed E-state index contributed by atoms with van der Waals surface area (Å²) in [6, 6.07) is 24.2. The highest BCUT2D eigenvalue weighted by Crippen LogP contribution is 2.39. The summed E-state index contributed by atoms with van der Waals surface area (Å²) < 4.78 is 7.78. The Morgan fingerprint density at radius 2 is 1.77 bits per heavy atom. The zero-order valence-corrected chi connectivity index (χ0v) is 18.2. The van der Waals surface area contributed by atoms with Crippen molar-refractivity contribution in [3.8, 4) is 11.4 Å². The molecule has 0 bridgehead atoms. The van der Waals surface area contributed by atoms with E-state index < -0.39 is 0 Å². The van der Waals surface area contributed by atoms with Gasteiger partial charge in [-0.2, -0.15) is 4.98 Å². The molecule has 3 aromatic heterocycles. The Labute approximate surface area is 188 Å². The average Bonchev–Trinajstić information content (AvgIpc) is 3.59. The van der Waals surface area contributed by atoms with Crippen LogP contribution in [-0.4, -0.2) is 24.9 Å². The van der Waals surface area contributed by atoms with Crippen molar-refractivity contribution in [2.75, 3.05) is 0 Å². The van der Waals surface area contributed by atoms with Gasteiger partial charge in [-0.1, -0.05) is 83.6 Å². The molecule has 154 valence electrons. The first-order chi connectivity index (χ1) is 15.4. The lowest BCUT2D eigenvalue weighted by Crippen LogP contribution is -2.04. The smallest absolute Gasteiger partial charge is 0.245 e. The minimum absolute atomic E-state index is 0.184. The number of aryl methyl sites for hydroxylation is 2. The van der Waals surface area contributed by atoms with Crippen molar-refractivity contribution in [1.82, 2.24) is 24.9 Å². The quantitative estimate of drug-likeness (QED) is 0.293. The first kappa shape index (κ1) is 19.7. The molecule has 0 aliphatic carbocycles. The second-order valence-corrected chi connectivity index (χ2v) is 8.97. The summed E-state index contributed by atoms with van der Waals surface area (Å²) in [4.78, 5) is 6.04. The van der Waals surface area contributed by atoms with Crippen molar-refractivity contribution in [2.24, 2.45) is 0 Å². The van der Waals surface area contributed by atoms with Gasteiger partial charge in [-0.15, -0.1) is 21.5 Å². The van der Waals surface area contributed by atoms with Crippen LogP contribution in [0.2, 0.25) is 0 Å². The van der Waals surface area contributed by atoms with Gasteiger partial charge < -0.3 is 9.09 Å². The monoisotopic (exact) mass is 445 g/mol. The van der Waals surface area contributed by atoms with Crippen molar-refractivity contribution in [1.29, 1.82) is 0 Å². The predicted octanol–water partition coefficient (Wildman–Crippen LogP) is 5.51. The maximum Gasteiger partial charge on any atom is 0.245 e. The van der Waals surface area contributed by atoms with E-state index in [1.165, 1.54) is 4.88 Å². The largest absolute Gasteiger partial charge is 0.337 e. The fraction of sp³-hybridized carbons (Fsp3) is 0.130. The lowest BCUT2D eigenvalue weighted by atomic mass is 10.1. The van der Waals surface area contributed by atoms with E-state index in [1.807, 2.05) is 48.5 Å². The van der Waals surface area contributed by atoms with E-state index in [0.717, 1.165) is 29.2 Å². The van der Waals surface area contributed by atoms with E-state index in [0.29, 0.717) is 11.7 Å². The molecule has 0 fully saturated rings. The molecule has 2 aromatic carbocycles. The van der Waals surface area contributed by atoms with Crippen molar-refractivity contribution < 1.29 is 4.52 Å². The van der Waals surface area contributed by atoms with Crippen LogP contribution in [0, 0.1) is 0 Å². The van der Waals surface area contributed by atoms with Crippen LogP contribution >= 0.6 is 23.1 Å². The third-order valence-electron chi connectivity index (χ3n) is 4.78. The predicted molar refractivity (Wildman–Crippen MR) is 122 cm³/mol. The molecule has 6 nitrogen and oxygen atoms in total. The standard InChI is InChI=1S/C23H19N5OS2/c1-3-8-17(9-4-1)20(22-25-21(27-29-22)18-10-5-2-6-11-18)31-23-26-24-16-28(23)14-13-19-12-7-15-30-19/h1-12,15-16,20H,13-14H2/t20-/m0/s1. The second-order valence-electron chi connectivity index (χ2n) is 6.87. The van der Waals surface area contributed by atoms with E-state index in [4.69, 9.17) is 9.51 Å². The molecule has 1 atom stereocenters. The maximum atomic E-state index is 5.71. The van der Waals surface area contributed by atoms with Crippen molar-refractivity contribution >= 4 is 23.1 Å². The van der Waals surface area contributed by atoms with E-state index in [2.05, 4.69) is 49.6 Å². The zero-order chi connectivity index (χ0) is 20.9. The maximum absolute atomic E-state index is 5.71. The molecule has 0 aliphatic heterocycles. The van der Waals surface area contributed by atoms with E-state index in [1.54, 1.807) is 29.4 Å². The van der Waals surface area contributed by atoms with E-state index in [-0.39, 0.29) is 5.25 Å². The third kappa shape index (κ3) is 4.60. The normalized spacial score (nSPS) is 12.1. The van der Waals surface area contributed by atoms with Crippen LogP contribution in [0.1, 0.15) is 21.6 Å². The number of thiophene rings is 1. The number of benzene rings is 2. The van der Waals surface area contributed by atoms with Crippen molar-refractivity contribution in [3.05, 3.63) is 101 Å². The Hall–Kier alpha value is -3.23. The number of thioether (sulfide) groups is 1. The summed E-state index contributed by atoms with van der Waals surface area (Å²) in [6.45, 7) is 0.816. The number of hydrogen-bond donors (Lipinski definition) is 0. The van der Waals surface area contributed by atoms with Crippen LogP contribution in [0.15, 0.2) is 94.2 Å². The minimum atomic E-state index is -0.184. The number of hydrogen-bond acceptors (Lipinski definition) is 7. The summed E-state index contributed by atoms with van der Waals surface area (Å²) in [7, 11) is 0. The van der Waals surface area contributed by atoms with Crippen LogP contribution in [0.5, 0.6) is 0 Å². The molecule has 0 unspecified atom stereocenters. The Bertz CT molecular complexity index is 1220. The van der Waals surface area contributed by atoms with Gasteiger partial charge in [-0.25, -0.2) is 0 Å². The number of aromatic nitrogens is 5. The van der Waals surface area contributed by atoms with Crippen LogP contribution in [0.25, 0.3) is 11.4 Å². The molecule has 0 spiro atoms. The molecular formula is C23H19N5OS2. The van der Waals surface area contributed by atoms with E-state index >= 15 is 0 Å². The lowest BCUT2D eigenvalue weighted by Gasteiger charge is -2.13. The third-order valence-corrected chi connectivity index (χ3v) is 6.96. The van der Waals surface area contributed by atoms with Crippen molar-refractivity contribution in [2.45, 2.75) is 23.4 Å².